The molecule has 2 N–H and O–H groups in total. The third-order valence-corrected chi connectivity index (χ3v) is 1.80. The van der Waals surface area contributed by atoms with Crippen LogP contribution in [0.5, 0.6) is 0 Å². The molecule has 0 amide bonds. The molecule has 1 heterocycles. The molecule has 13 heavy (non-hydrogen) atoms. The highest BCUT2D eigenvalue weighted by molar-refractivity contribution is 5.73. The van der Waals surface area contributed by atoms with E-state index in [2.05, 4.69) is 9.84 Å². The Morgan fingerprint density at radius 2 is 2.54 bits per heavy atom. The maximum atomic E-state index is 11.2. The van der Waals surface area contributed by atoms with Crippen LogP contribution in [-0.2, 0) is 9.53 Å². The summed E-state index contributed by atoms with van der Waals surface area (Å²) >= 11 is 0. The molecule has 5 heteroatoms. The van der Waals surface area contributed by atoms with Crippen molar-refractivity contribution < 1.29 is 9.53 Å². The largest absolute Gasteiger partial charge is 0.467 e. The van der Waals surface area contributed by atoms with E-state index in [1.807, 2.05) is 6.92 Å². The van der Waals surface area contributed by atoms with Crippen molar-refractivity contribution in [2.75, 3.05) is 12.8 Å². The Hall–Kier alpha value is -1.52. The fourth-order valence-corrected chi connectivity index (χ4v) is 1.12. The number of methoxy groups -OCH3 is 1. The topological polar surface area (TPSA) is 70.1 Å². The van der Waals surface area contributed by atoms with Crippen LogP contribution in [0, 0.1) is 0 Å². The Kier molecular flexibility index (Phi) is 2.89. The lowest BCUT2D eigenvalue weighted by Gasteiger charge is -2.11. The highest BCUT2D eigenvalue weighted by Gasteiger charge is 2.19. The van der Waals surface area contributed by atoms with Gasteiger partial charge in [0, 0.05) is 6.20 Å². The summed E-state index contributed by atoms with van der Waals surface area (Å²) in [7, 11) is 1.36. The second-order valence-electron chi connectivity index (χ2n) is 2.70. The van der Waals surface area contributed by atoms with E-state index in [-0.39, 0.29) is 12.0 Å². The second kappa shape index (κ2) is 3.93. The van der Waals surface area contributed by atoms with Gasteiger partial charge < -0.3 is 10.5 Å². The maximum absolute atomic E-state index is 11.2. The molecule has 0 fully saturated rings. The van der Waals surface area contributed by atoms with Gasteiger partial charge in [-0.1, -0.05) is 6.92 Å². The molecule has 0 aliphatic carbocycles. The fraction of sp³-hybridized carbons (Fsp3) is 0.500. The number of nitrogens with two attached hydrogens (primary N) is 1. The predicted molar refractivity (Wildman–Crippen MR) is 48.0 cm³/mol. The van der Waals surface area contributed by atoms with Gasteiger partial charge in [-0.05, 0) is 6.42 Å². The minimum atomic E-state index is -0.373. The molecule has 1 aromatic rings. The molecule has 1 atom stereocenters. The summed E-state index contributed by atoms with van der Waals surface area (Å²) in [4.78, 5) is 11.2. The van der Waals surface area contributed by atoms with E-state index < -0.39 is 0 Å². The van der Waals surface area contributed by atoms with Crippen LogP contribution in [0.1, 0.15) is 19.4 Å². The Bertz CT molecular complexity index is 295. The Morgan fingerprint density at radius 3 is 2.92 bits per heavy atom. The SMILES string of the molecule is CCC(C(=O)OC)n1cc(N)cn1. The van der Waals surface area contributed by atoms with E-state index in [4.69, 9.17) is 5.73 Å². The van der Waals surface area contributed by atoms with Crippen LogP contribution in [0.25, 0.3) is 0 Å². The summed E-state index contributed by atoms with van der Waals surface area (Å²) in [6.45, 7) is 1.89. The zero-order valence-corrected chi connectivity index (χ0v) is 7.73. The standard InChI is InChI=1S/C8H13N3O2/c1-3-7(8(12)13-2)11-5-6(9)4-10-11/h4-5,7H,3,9H2,1-2H3. The predicted octanol–water partition coefficient (Wildman–Crippen LogP) is 0.589. The summed E-state index contributed by atoms with van der Waals surface area (Å²) in [6, 6.07) is -0.373. The van der Waals surface area contributed by atoms with Gasteiger partial charge in [0.1, 0.15) is 6.04 Å². The van der Waals surface area contributed by atoms with Gasteiger partial charge in [-0.15, -0.1) is 0 Å². The molecule has 0 aliphatic rings. The monoisotopic (exact) mass is 183 g/mol. The summed E-state index contributed by atoms with van der Waals surface area (Å²) in [5, 5.41) is 3.95. The molecule has 0 bridgehead atoms. The first-order chi connectivity index (χ1) is 6.19. The highest BCUT2D eigenvalue weighted by Crippen LogP contribution is 2.13. The quantitative estimate of drug-likeness (QED) is 0.696. The summed E-state index contributed by atoms with van der Waals surface area (Å²) in [6.07, 6.45) is 3.75. The van der Waals surface area contributed by atoms with Crippen molar-refractivity contribution in [2.45, 2.75) is 19.4 Å². The molecule has 1 aromatic heterocycles. The van der Waals surface area contributed by atoms with Gasteiger partial charge in [-0.2, -0.15) is 5.10 Å². The van der Waals surface area contributed by atoms with Crippen molar-refractivity contribution in [3.8, 4) is 0 Å². The first kappa shape index (κ1) is 9.57. The van der Waals surface area contributed by atoms with Crippen molar-refractivity contribution in [2.24, 2.45) is 0 Å². The number of esters is 1. The molecule has 0 radical (unpaired) electrons. The van der Waals surface area contributed by atoms with Crippen LogP contribution in [0.4, 0.5) is 5.69 Å². The number of carbonyl (C=O) groups is 1. The minimum Gasteiger partial charge on any atom is -0.467 e. The molecule has 5 nitrogen and oxygen atoms in total. The van der Waals surface area contributed by atoms with E-state index in [1.165, 1.54) is 18.0 Å². The molecular weight excluding hydrogens is 170 g/mol. The number of hydrogen-bond acceptors (Lipinski definition) is 4. The van der Waals surface area contributed by atoms with Crippen LogP contribution >= 0.6 is 0 Å². The van der Waals surface area contributed by atoms with E-state index in [0.29, 0.717) is 12.1 Å². The van der Waals surface area contributed by atoms with Crippen molar-refractivity contribution in [1.82, 2.24) is 9.78 Å². The van der Waals surface area contributed by atoms with Crippen molar-refractivity contribution in [1.29, 1.82) is 0 Å². The molecule has 1 rings (SSSR count). The number of nitrogen functional groups attached to an aromatic ring is 1. The first-order valence-corrected chi connectivity index (χ1v) is 4.06. The van der Waals surface area contributed by atoms with Gasteiger partial charge in [0.15, 0.2) is 0 Å². The molecule has 0 saturated heterocycles. The summed E-state index contributed by atoms with van der Waals surface area (Å²) in [5.74, 6) is -0.300. The van der Waals surface area contributed by atoms with Crippen LogP contribution in [-0.4, -0.2) is 22.9 Å². The summed E-state index contributed by atoms with van der Waals surface area (Å²) < 4.78 is 6.14. The van der Waals surface area contributed by atoms with Gasteiger partial charge in [0.25, 0.3) is 0 Å². The van der Waals surface area contributed by atoms with Gasteiger partial charge in [-0.25, -0.2) is 4.79 Å². The average Bonchev–Trinajstić information content (AvgIpc) is 2.53. The number of nitrogens with zero attached hydrogens (tertiary/aromatic N) is 2. The van der Waals surface area contributed by atoms with Gasteiger partial charge in [-0.3, -0.25) is 4.68 Å². The van der Waals surface area contributed by atoms with Crippen LogP contribution in [0.2, 0.25) is 0 Å². The highest BCUT2D eigenvalue weighted by atomic mass is 16.5. The number of rotatable bonds is 3. The lowest BCUT2D eigenvalue weighted by molar-refractivity contribution is -0.145. The molecule has 0 aromatic carbocycles. The maximum Gasteiger partial charge on any atom is 0.330 e. The van der Waals surface area contributed by atoms with E-state index >= 15 is 0 Å². The average molecular weight is 183 g/mol. The van der Waals surface area contributed by atoms with Gasteiger partial charge >= 0.3 is 5.97 Å². The fourth-order valence-electron chi connectivity index (χ4n) is 1.12. The van der Waals surface area contributed by atoms with E-state index in [9.17, 15) is 4.79 Å². The second-order valence-corrected chi connectivity index (χ2v) is 2.70. The van der Waals surface area contributed by atoms with Crippen molar-refractivity contribution >= 4 is 11.7 Å². The number of hydrogen-bond donors (Lipinski definition) is 1. The molecule has 0 saturated carbocycles. The van der Waals surface area contributed by atoms with Crippen molar-refractivity contribution in [3.05, 3.63) is 12.4 Å². The number of aromatic nitrogens is 2. The third-order valence-electron chi connectivity index (χ3n) is 1.80. The molecule has 0 aliphatic heterocycles. The molecular formula is C8H13N3O2. The number of carbonyl (C=O) groups excluding carboxylic acids is 1. The smallest absolute Gasteiger partial charge is 0.330 e. The van der Waals surface area contributed by atoms with Gasteiger partial charge in [0.2, 0.25) is 0 Å². The molecule has 72 valence electrons. The molecule has 0 spiro atoms. The number of ether oxygens (including phenoxy) is 1. The Labute approximate surface area is 76.5 Å². The lowest BCUT2D eigenvalue weighted by Crippen LogP contribution is -2.20. The minimum absolute atomic E-state index is 0.300. The Balaban J connectivity index is 2.84. The normalized spacial score (nSPS) is 12.5. The van der Waals surface area contributed by atoms with Crippen molar-refractivity contribution in [3.63, 3.8) is 0 Å². The zero-order chi connectivity index (χ0) is 9.84. The zero-order valence-electron chi connectivity index (χ0n) is 7.73. The van der Waals surface area contributed by atoms with Crippen LogP contribution in [0.3, 0.4) is 0 Å². The summed E-state index contributed by atoms with van der Waals surface area (Å²) in [5.41, 5.74) is 6.02. The van der Waals surface area contributed by atoms with Crippen LogP contribution in [0.15, 0.2) is 12.4 Å². The first-order valence-electron chi connectivity index (χ1n) is 4.06. The van der Waals surface area contributed by atoms with Crippen LogP contribution < -0.4 is 5.73 Å². The number of anilines is 1. The molecule has 1 unspecified atom stereocenters. The third kappa shape index (κ3) is 1.99. The van der Waals surface area contributed by atoms with Gasteiger partial charge in [0.05, 0.1) is 19.0 Å². The van der Waals surface area contributed by atoms with E-state index in [1.54, 1.807) is 6.20 Å². The van der Waals surface area contributed by atoms with E-state index in [0.717, 1.165) is 0 Å². The lowest BCUT2D eigenvalue weighted by atomic mass is 10.2. The Morgan fingerprint density at radius 1 is 1.85 bits per heavy atom.